The maximum absolute atomic E-state index is 12.5. The van der Waals surface area contributed by atoms with Gasteiger partial charge >= 0.3 is 6.03 Å². The van der Waals surface area contributed by atoms with Crippen molar-refractivity contribution < 1.29 is 14.3 Å². The molecule has 0 radical (unpaired) electrons. The molecule has 3 saturated heterocycles. The molecule has 2 bridgehead atoms. The summed E-state index contributed by atoms with van der Waals surface area (Å²) in [5.74, 6) is 1.13. The molecule has 1 aromatic rings. The molecule has 6 heteroatoms. The minimum Gasteiger partial charge on any atom is -0.374 e. The van der Waals surface area contributed by atoms with Gasteiger partial charge in [-0.3, -0.25) is 4.79 Å². The van der Waals surface area contributed by atoms with E-state index in [9.17, 15) is 9.59 Å². The van der Waals surface area contributed by atoms with Gasteiger partial charge in [-0.25, -0.2) is 4.79 Å². The number of likely N-dealkylation sites (tertiary alicyclic amines) is 1. The van der Waals surface area contributed by atoms with Crippen LogP contribution in [0.1, 0.15) is 28.8 Å². The van der Waals surface area contributed by atoms with E-state index in [1.165, 1.54) is 0 Å². The smallest absolute Gasteiger partial charge is 0.317 e. The van der Waals surface area contributed by atoms with Crippen LogP contribution in [-0.4, -0.2) is 66.7 Å². The topological polar surface area (TPSA) is 61.9 Å². The lowest BCUT2D eigenvalue weighted by Gasteiger charge is -2.29. The molecule has 1 aromatic carbocycles. The number of nitrogens with zero attached hydrogens (tertiary/aromatic N) is 2. The molecule has 4 unspecified atom stereocenters. The van der Waals surface area contributed by atoms with E-state index in [1.807, 2.05) is 34.1 Å². The highest BCUT2D eigenvalue weighted by molar-refractivity contribution is 5.96. The van der Waals surface area contributed by atoms with Crippen molar-refractivity contribution >= 4 is 11.9 Å². The zero-order valence-electron chi connectivity index (χ0n) is 14.9. The van der Waals surface area contributed by atoms with Gasteiger partial charge in [-0.05, 0) is 30.9 Å². The molecule has 3 fully saturated rings. The fourth-order valence-corrected chi connectivity index (χ4v) is 5.22. The molecule has 6 nitrogen and oxygen atoms in total. The standard InChI is InChI=1S/C20H25N3O3/c24-19-14-4-2-1-3-13(14)7-9-22(19)10-8-21-20(25)23-11-15-16(12-23)18-6-5-17(15)26-18/h1-4,15-18H,5-12H2,(H,21,25). The average Bonchev–Trinajstić information content (AvgIpc) is 3.37. The first-order chi connectivity index (χ1) is 12.7. The molecule has 0 aliphatic carbocycles. The number of nitrogens with one attached hydrogen (secondary N) is 1. The lowest BCUT2D eigenvalue weighted by Crippen LogP contribution is -2.45. The van der Waals surface area contributed by atoms with Gasteiger partial charge in [-0.15, -0.1) is 0 Å². The zero-order valence-corrected chi connectivity index (χ0v) is 14.9. The van der Waals surface area contributed by atoms with Crippen molar-refractivity contribution in [2.45, 2.75) is 31.5 Å². The van der Waals surface area contributed by atoms with Crippen LogP contribution >= 0.6 is 0 Å². The fraction of sp³-hybridized carbons (Fsp3) is 0.600. The first kappa shape index (κ1) is 16.1. The van der Waals surface area contributed by atoms with Gasteiger partial charge in [-0.1, -0.05) is 18.2 Å². The number of fused-ring (bicyclic) bond motifs is 6. The molecule has 4 aliphatic rings. The zero-order chi connectivity index (χ0) is 17.7. The number of ether oxygens (including phenoxy) is 1. The predicted molar refractivity (Wildman–Crippen MR) is 95.9 cm³/mol. The van der Waals surface area contributed by atoms with Crippen LogP contribution in [0.25, 0.3) is 0 Å². The highest BCUT2D eigenvalue weighted by atomic mass is 16.5. The van der Waals surface area contributed by atoms with E-state index in [0.29, 0.717) is 37.1 Å². The van der Waals surface area contributed by atoms with Crippen LogP contribution in [0.15, 0.2) is 24.3 Å². The molecular formula is C20H25N3O3. The lowest BCUT2D eigenvalue weighted by molar-refractivity contribution is 0.0722. The molecule has 5 rings (SSSR count). The Morgan fingerprint density at radius 1 is 1.15 bits per heavy atom. The van der Waals surface area contributed by atoms with Crippen molar-refractivity contribution in [1.82, 2.24) is 15.1 Å². The number of hydrogen-bond donors (Lipinski definition) is 1. The molecule has 3 amide bonds. The molecule has 26 heavy (non-hydrogen) atoms. The van der Waals surface area contributed by atoms with E-state index in [4.69, 9.17) is 4.74 Å². The van der Waals surface area contributed by atoms with Gasteiger partial charge in [0.25, 0.3) is 5.91 Å². The lowest BCUT2D eigenvalue weighted by atomic mass is 9.82. The number of benzene rings is 1. The summed E-state index contributed by atoms with van der Waals surface area (Å²) in [4.78, 5) is 28.8. The number of urea groups is 1. The molecule has 0 aromatic heterocycles. The summed E-state index contributed by atoms with van der Waals surface area (Å²) >= 11 is 0. The van der Waals surface area contributed by atoms with E-state index in [0.717, 1.165) is 50.0 Å². The monoisotopic (exact) mass is 355 g/mol. The van der Waals surface area contributed by atoms with E-state index < -0.39 is 0 Å². The van der Waals surface area contributed by atoms with Crippen molar-refractivity contribution in [2.75, 3.05) is 32.7 Å². The first-order valence-electron chi connectivity index (χ1n) is 9.76. The van der Waals surface area contributed by atoms with Crippen molar-refractivity contribution in [3.05, 3.63) is 35.4 Å². The maximum atomic E-state index is 12.5. The van der Waals surface area contributed by atoms with Crippen molar-refractivity contribution in [3.63, 3.8) is 0 Å². The normalized spacial score (nSPS) is 31.9. The molecule has 1 N–H and O–H groups in total. The van der Waals surface area contributed by atoms with Crippen LogP contribution in [0.2, 0.25) is 0 Å². The highest BCUT2D eigenvalue weighted by Crippen LogP contribution is 2.47. The number of amides is 3. The van der Waals surface area contributed by atoms with Crippen molar-refractivity contribution in [2.24, 2.45) is 11.8 Å². The Labute approximate surface area is 153 Å². The summed E-state index contributed by atoms with van der Waals surface area (Å²) in [7, 11) is 0. The van der Waals surface area contributed by atoms with Gasteiger partial charge in [0, 0.05) is 50.1 Å². The van der Waals surface area contributed by atoms with Gasteiger partial charge in [0.15, 0.2) is 0 Å². The van der Waals surface area contributed by atoms with Gasteiger partial charge in [0.2, 0.25) is 0 Å². The number of rotatable bonds is 3. The Kier molecular flexibility index (Phi) is 3.89. The van der Waals surface area contributed by atoms with Crippen LogP contribution in [0, 0.1) is 11.8 Å². The Morgan fingerprint density at radius 2 is 1.88 bits per heavy atom. The third kappa shape index (κ3) is 2.58. The summed E-state index contributed by atoms with van der Waals surface area (Å²) in [5, 5.41) is 3.01. The first-order valence-corrected chi connectivity index (χ1v) is 9.76. The average molecular weight is 355 g/mol. The summed E-state index contributed by atoms with van der Waals surface area (Å²) in [5.41, 5.74) is 1.92. The maximum Gasteiger partial charge on any atom is 0.317 e. The minimum absolute atomic E-state index is 0.00339. The summed E-state index contributed by atoms with van der Waals surface area (Å²) in [6.07, 6.45) is 3.93. The number of carbonyl (C=O) groups is 2. The molecule has 0 saturated carbocycles. The molecule has 138 valence electrons. The molecule has 0 spiro atoms. The van der Waals surface area contributed by atoms with Gasteiger partial charge in [-0.2, -0.15) is 0 Å². The Hall–Kier alpha value is -2.08. The van der Waals surface area contributed by atoms with Crippen LogP contribution in [0.4, 0.5) is 4.79 Å². The summed E-state index contributed by atoms with van der Waals surface area (Å²) < 4.78 is 5.97. The van der Waals surface area contributed by atoms with Gasteiger partial charge in [0.1, 0.15) is 0 Å². The predicted octanol–water partition coefficient (Wildman–Crippen LogP) is 1.50. The largest absolute Gasteiger partial charge is 0.374 e. The third-order valence-corrected chi connectivity index (χ3v) is 6.58. The fourth-order valence-electron chi connectivity index (χ4n) is 5.22. The van der Waals surface area contributed by atoms with E-state index in [1.54, 1.807) is 0 Å². The quantitative estimate of drug-likeness (QED) is 0.894. The van der Waals surface area contributed by atoms with Crippen LogP contribution in [0.5, 0.6) is 0 Å². The second-order valence-corrected chi connectivity index (χ2v) is 7.95. The number of carbonyl (C=O) groups excluding carboxylic acids is 2. The van der Waals surface area contributed by atoms with Crippen LogP contribution < -0.4 is 5.32 Å². The summed E-state index contributed by atoms with van der Waals surface area (Å²) in [6.45, 7) is 3.41. The van der Waals surface area contributed by atoms with Gasteiger partial charge < -0.3 is 19.9 Å². The Bertz CT molecular complexity index is 719. The van der Waals surface area contributed by atoms with Crippen LogP contribution in [-0.2, 0) is 11.2 Å². The van der Waals surface area contributed by atoms with E-state index >= 15 is 0 Å². The molecule has 4 aliphatic heterocycles. The van der Waals surface area contributed by atoms with E-state index in [-0.39, 0.29) is 11.9 Å². The number of hydrogen-bond acceptors (Lipinski definition) is 3. The van der Waals surface area contributed by atoms with Crippen molar-refractivity contribution in [1.29, 1.82) is 0 Å². The molecular weight excluding hydrogens is 330 g/mol. The second kappa shape index (κ2) is 6.27. The van der Waals surface area contributed by atoms with Crippen LogP contribution in [0.3, 0.4) is 0 Å². The SMILES string of the molecule is O=C(NCCN1CCc2ccccc2C1=O)N1CC2C3CCC(O3)C2C1. The highest BCUT2D eigenvalue weighted by Gasteiger charge is 2.53. The Morgan fingerprint density at radius 3 is 2.65 bits per heavy atom. The molecule has 4 atom stereocenters. The van der Waals surface area contributed by atoms with E-state index in [2.05, 4.69) is 5.32 Å². The molecule has 4 heterocycles. The second-order valence-electron chi connectivity index (χ2n) is 7.95. The summed E-state index contributed by atoms with van der Waals surface area (Å²) in [6, 6.07) is 7.80. The minimum atomic E-state index is 0.00339. The third-order valence-electron chi connectivity index (χ3n) is 6.58. The Balaban J connectivity index is 1.12. The van der Waals surface area contributed by atoms with Crippen molar-refractivity contribution in [3.8, 4) is 0 Å². The van der Waals surface area contributed by atoms with Gasteiger partial charge in [0.05, 0.1) is 12.2 Å².